The van der Waals surface area contributed by atoms with Crippen LogP contribution in [0.1, 0.15) is 6.99 Å². The topological polar surface area (TPSA) is 240 Å². The zero-order valence-electron chi connectivity index (χ0n) is 17.1. The molecule has 8 atom stereocenters. The highest BCUT2D eigenvalue weighted by Crippen LogP contribution is 2.05. The van der Waals surface area contributed by atoms with Gasteiger partial charge in [-0.15, -0.1) is 0 Å². The van der Waals surface area contributed by atoms with Crippen LogP contribution < -0.4 is 11.1 Å². The van der Waals surface area contributed by atoms with Crippen molar-refractivity contribution in [1.29, 1.82) is 0 Å². The normalized spacial score (nSPS) is 19.2. The fraction of sp³-hybridized carbons (Fsp3) is 0.684. The first kappa shape index (κ1) is 29.7. The van der Waals surface area contributed by atoms with E-state index >= 15 is 0 Å². The van der Waals surface area contributed by atoms with Gasteiger partial charge in [0.05, 0.1) is 25.4 Å². The van der Waals surface area contributed by atoms with Crippen molar-refractivity contribution in [2.24, 2.45) is 5.73 Å². The molecule has 12 heteroatoms. The molecule has 0 aliphatic carbocycles. The summed E-state index contributed by atoms with van der Waals surface area (Å²) in [6.45, 7) is -1.01. The summed E-state index contributed by atoms with van der Waals surface area (Å²) in [5, 5.41) is 93.5. The number of hydrogen-bond donors (Lipinski definition) is 12. The van der Waals surface area contributed by atoms with E-state index in [0.29, 0.717) is 6.54 Å². The summed E-state index contributed by atoms with van der Waals surface area (Å²) in [5.41, 5.74) is 6.02. The molecule has 0 aliphatic rings. The van der Waals surface area contributed by atoms with Gasteiger partial charge in [-0.05, 0) is 5.56 Å². The van der Waals surface area contributed by atoms with Gasteiger partial charge < -0.3 is 62.1 Å². The quantitative estimate of drug-likeness (QED) is 0.134. The number of hydrogen-bond acceptors (Lipinski definition) is 12. The van der Waals surface area contributed by atoms with Gasteiger partial charge in [0.2, 0.25) is 0 Å². The van der Waals surface area contributed by atoms with E-state index in [9.17, 15) is 15.3 Å². The molecule has 0 aliphatic heterocycles. The van der Waals surface area contributed by atoms with E-state index in [2.05, 4.69) is 5.32 Å². The molecule has 0 fully saturated rings. The summed E-state index contributed by atoms with van der Waals surface area (Å²) in [6.07, 6.45) is -11.7. The summed E-state index contributed by atoms with van der Waals surface area (Å²) in [4.78, 5) is 0. The molecule has 184 valence electrons. The molecule has 0 saturated carbocycles. The molecule has 1 aromatic carbocycles. The van der Waals surface area contributed by atoms with Crippen LogP contribution in [0.2, 0.25) is 0 Å². The third-order valence-corrected chi connectivity index (χ3v) is 4.42. The molecule has 0 heterocycles. The van der Waals surface area contributed by atoms with Crippen molar-refractivity contribution in [3.63, 3.8) is 0 Å². The standard InChI is InChI=1S/C13H21NO5.C6H15NO5.H2/c15-8-11(17)13(19)12(18)10(16)7-14-6-9-4-2-1-3-5-9;7-1-3(9)5(11)6(12)4(10)2-8;/h1-5,10-19H,6-8H2;3-6,8-12H,1-2,7H2;1H/t10-,11+,12+,13+;3-,4+,5+,6+;/m00./s1/i;;1+1. The highest BCUT2D eigenvalue weighted by atomic mass is 16.4. The third kappa shape index (κ3) is 11.2. The minimum Gasteiger partial charge on any atom is -0.394 e. The zero-order chi connectivity index (χ0) is 24.0. The Labute approximate surface area is 181 Å². The summed E-state index contributed by atoms with van der Waals surface area (Å²) < 4.78 is 0. The van der Waals surface area contributed by atoms with E-state index in [0.717, 1.165) is 5.56 Å². The smallest absolute Gasteiger partial charge is 0.111 e. The first-order valence-electron chi connectivity index (χ1n) is 9.71. The summed E-state index contributed by atoms with van der Waals surface area (Å²) >= 11 is 0. The molecular formula is C19H38N2O10. The maximum atomic E-state index is 9.65. The van der Waals surface area contributed by atoms with Gasteiger partial charge in [-0.2, -0.15) is 0 Å². The van der Waals surface area contributed by atoms with Crippen LogP contribution in [-0.4, -0.2) is 126 Å². The number of nitrogens with two attached hydrogens (primary N) is 1. The first-order chi connectivity index (χ1) is 14.6. The van der Waals surface area contributed by atoms with Crippen LogP contribution in [0.5, 0.6) is 0 Å². The molecule has 31 heavy (non-hydrogen) atoms. The molecule has 13 N–H and O–H groups in total. The second-order valence-electron chi connectivity index (χ2n) is 6.95. The molecule has 0 spiro atoms. The molecule has 0 amide bonds. The summed E-state index contributed by atoms with van der Waals surface area (Å²) in [7, 11) is 0. The van der Waals surface area contributed by atoms with Gasteiger partial charge >= 0.3 is 0 Å². The molecule has 12 nitrogen and oxygen atoms in total. The average molecular weight is 456 g/mol. The van der Waals surface area contributed by atoms with Crippen molar-refractivity contribution in [2.45, 2.75) is 55.4 Å². The Morgan fingerprint density at radius 3 is 1.52 bits per heavy atom. The highest BCUT2D eigenvalue weighted by molar-refractivity contribution is 5.14. The molecule has 0 unspecified atom stereocenters. The Balaban J connectivity index is 0. The van der Waals surface area contributed by atoms with E-state index in [4.69, 9.17) is 41.5 Å². The van der Waals surface area contributed by atoms with Gasteiger partial charge in [0, 0.05) is 21.1 Å². The van der Waals surface area contributed by atoms with E-state index in [1.165, 1.54) is 0 Å². The van der Waals surface area contributed by atoms with Crippen LogP contribution in [0.3, 0.4) is 0 Å². The lowest BCUT2D eigenvalue weighted by Crippen LogP contribution is -2.48. The fourth-order valence-corrected chi connectivity index (χ4v) is 2.35. The van der Waals surface area contributed by atoms with Crippen molar-refractivity contribution in [3.05, 3.63) is 35.9 Å². The average Bonchev–Trinajstić information content (AvgIpc) is 2.81. The van der Waals surface area contributed by atoms with Gasteiger partial charge in [-0.3, -0.25) is 0 Å². The van der Waals surface area contributed by atoms with Gasteiger partial charge in [0.25, 0.3) is 0 Å². The zero-order valence-corrected chi connectivity index (χ0v) is 17.1. The Hall–Kier alpha value is -1.26. The number of rotatable bonds is 13. The summed E-state index contributed by atoms with van der Waals surface area (Å²) in [6, 6.07) is 9.52. The van der Waals surface area contributed by atoms with Gasteiger partial charge in [0.1, 0.15) is 36.6 Å². The minimum atomic E-state index is -1.59. The lowest BCUT2D eigenvalue weighted by atomic mass is 10.0. The Morgan fingerprint density at radius 1 is 0.677 bits per heavy atom. The largest absolute Gasteiger partial charge is 0.394 e. The summed E-state index contributed by atoms with van der Waals surface area (Å²) in [5.74, 6) is 0. The van der Waals surface area contributed by atoms with Gasteiger partial charge in [0.15, 0.2) is 0 Å². The second-order valence-corrected chi connectivity index (χ2v) is 6.95. The minimum absolute atomic E-state index is 0. The molecule has 0 aromatic heterocycles. The van der Waals surface area contributed by atoms with Crippen LogP contribution in [0, 0.1) is 0 Å². The second kappa shape index (κ2) is 16.4. The molecule has 1 rings (SSSR count). The van der Waals surface area contributed by atoms with Crippen LogP contribution in [0.25, 0.3) is 0 Å². The van der Waals surface area contributed by atoms with Crippen molar-refractivity contribution >= 4 is 0 Å². The predicted molar refractivity (Wildman–Crippen MR) is 112 cm³/mol. The van der Waals surface area contributed by atoms with Crippen molar-refractivity contribution in [2.75, 3.05) is 26.3 Å². The first-order valence-corrected chi connectivity index (χ1v) is 9.71. The van der Waals surface area contributed by atoms with Crippen LogP contribution >= 0.6 is 0 Å². The molecule has 0 radical (unpaired) electrons. The predicted octanol–water partition coefficient (Wildman–Crippen LogP) is -5.16. The molecule has 0 bridgehead atoms. The number of aliphatic hydroxyl groups excluding tert-OH is 10. The number of aliphatic hydroxyl groups is 10. The van der Waals surface area contributed by atoms with Crippen LogP contribution in [-0.2, 0) is 6.54 Å². The van der Waals surface area contributed by atoms with E-state index in [1.54, 1.807) is 0 Å². The molecule has 1 aromatic rings. The lowest BCUT2D eigenvalue weighted by Gasteiger charge is -2.25. The number of benzene rings is 1. The fourth-order valence-electron chi connectivity index (χ4n) is 2.35. The van der Waals surface area contributed by atoms with Crippen molar-refractivity contribution in [1.82, 2.24) is 5.32 Å². The molecular weight excluding hydrogens is 416 g/mol. The highest BCUT2D eigenvalue weighted by Gasteiger charge is 2.30. The van der Waals surface area contributed by atoms with E-state index in [1.807, 2.05) is 30.3 Å². The lowest BCUT2D eigenvalue weighted by molar-refractivity contribution is -0.114. The van der Waals surface area contributed by atoms with Gasteiger partial charge in [-0.1, -0.05) is 30.3 Å². The van der Waals surface area contributed by atoms with Crippen LogP contribution in [0.4, 0.5) is 0 Å². The SMILES string of the molecule is NC[C@H](O)[C@@H](O)[C@H](O)[C@H](O)CO.OC[C@@H](O)[C@@H](O)[C@H](O)[C@@H](O)CNCc1ccccc1.[2HH]. The van der Waals surface area contributed by atoms with Gasteiger partial charge in [-0.25, -0.2) is 0 Å². The van der Waals surface area contributed by atoms with E-state index in [-0.39, 0.29) is 14.5 Å². The van der Waals surface area contributed by atoms with Crippen molar-refractivity contribution < 1.29 is 52.5 Å². The molecule has 0 saturated heterocycles. The third-order valence-electron chi connectivity index (χ3n) is 4.42. The maximum Gasteiger partial charge on any atom is 0.111 e. The van der Waals surface area contributed by atoms with Crippen LogP contribution in [0.15, 0.2) is 30.3 Å². The Bertz CT molecular complexity index is 548. The van der Waals surface area contributed by atoms with E-state index < -0.39 is 62.0 Å². The maximum absolute atomic E-state index is 9.65. The number of nitrogens with one attached hydrogen (secondary N) is 1. The van der Waals surface area contributed by atoms with Crippen molar-refractivity contribution in [3.8, 4) is 0 Å². The Morgan fingerprint density at radius 2 is 1.10 bits per heavy atom. The Kier molecular flexibility index (Phi) is 15.7. The monoisotopic (exact) mass is 455 g/mol.